The Kier molecular flexibility index (Phi) is 7.68. The summed E-state index contributed by atoms with van der Waals surface area (Å²) in [6, 6.07) is 6.11. The van der Waals surface area contributed by atoms with Crippen LogP contribution in [0.25, 0.3) is 0 Å². The zero-order valence-corrected chi connectivity index (χ0v) is 17.9. The molecule has 1 aliphatic heterocycles. The predicted molar refractivity (Wildman–Crippen MR) is 109 cm³/mol. The maximum Gasteiger partial charge on any atom is 0.309 e. The van der Waals surface area contributed by atoms with Gasteiger partial charge in [0.1, 0.15) is 12.0 Å². The van der Waals surface area contributed by atoms with Gasteiger partial charge in [0, 0.05) is 12.6 Å². The molecule has 2 fully saturated rings. The van der Waals surface area contributed by atoms with Crippen LogP contribution in [0.4, 0.5) is 0 Å². The monoisotopic (exact) mass is 439 g/mol. The summed E-state index contributed by atoms with van der Waals surface area (Å²) in [7, 11) is -2.32. The molecule has 2 aliphatic rings. The van der Waals surface area contributed by atoms with Crippen molar-refractivity contribution in [3.05, 3.63) is 24.3 Å². The number of nitrogens with zero attached hydrogens (tertiary/aromatic N) is 1. The lowest BCUT2D eigenvalue weighted by Crippen LogP contribution is -2.53. The standard InChI is InChI=1S/C20H29N3O6S/c1-28-16-8-10-17(11-9-16)30(26,27)23-12-5-13-29-18(23)14-21-19(24)20(25)22-15-6-3-2-4-7-15/h8-11,15,18H,2-7,12-14H2,1H3,(H,21,24)(H,22,25)/t18-/m1/s1. The lowest BCUT2D eigenvalue weighted by atomic mass is 9.95. The lowest BCUT2D eigenvalue weighted by molar-refractivity contribution is -0.140. The van der Waals surface area contributed by atoms with Crippen molar-refractivity contribution >= 4 is 21.8 Å². The highest BCUT2D eigenvalue weighted by molar-refractivity contribution is 7.89. The molecule has 9 nitrogen and oxygen atoms in total. The molecule has 0 unspecified atom stereocenters. The Bertz CT molecular complexity index is 837. The summed E-state index contributed by atoms with van der Waals surface area (Å²) in [5.74, 6) is -0.921. The minimum absolute atomic E-state index is 0.0230. The average molecular weight is 440 g/mol. The molecule has 10 heteroatoms. The van der Waals surface area contributed by atoms with Crippen molar-refractivity contribution in [3.8, 4) is 5.75 Å². The number of nitrogens with one attached hydrogen (secondary N) is 2. The molecule has 0 bridgehead atoms. The maximum atomic E-state index is 13.1. The Morgan fingerprint density at radius 1 is 1.10 bits per heavy atom. The van der Waals surface area contributed by atoms with E-state index in [0.717, 1.165) is 32.1 Å². The summed E-state index contributed by atoms with van der Waals surface area (Å²) in [5.41, 5.74) is 0. The molecule has 1 aliphatic carbocycles. The van der Waals surface area contributed by atoms with Crippen LogP contribution in [0.2, 0.25) is 0 Å². The third kappa shape index (κ3) is 5.50. The van der Waals surface area contributed by atoms with E-state index in [0.29, 0.717) is 18.8 Å². The fourth-order valence-electron chi connectivity index (χ4n) is 3.74. The number of rotatable bonds is 6. The van der Waals surface area contributed by atoms with Crippen molar-refractivity contribution < 1.29 is 27.5 Å². The van der Waals surface area contributed by atoms with Crippen LogP contribution in [-0.2, 0) is 24.3 Å². The third-order valence-corrected chi connectivity index (χ3v) is 7.31. The second-order valence-corrected chi connectivity index (χ2v) is 9.38. The van der Waals surface area contributed by atoms with Gasteiger partial charge in [0.05, 0.1) is 25.2 Å². The Morgan fingerprint density at radius 3 is 2.47 bits per heavy atom. The number of carbonyl (C=O) groups excluding carboxylic acids is 2. The zero-order chi connectivity index (χ0) is 21.6. The Morgan fingerprint density at radius 2 is 1.80 bits per heavy atom. The molecular formula is C20H29N3O6S. The quantitative estimate of drug-likeness (QED) is 0.639. The molecule has 166 valence electrons. The molecule has 0 radical (unpaired) electrons. The highest BCUT2D eigenvalue weighted by Gasteiger charge is 2.35. The lowest BCUT2D eigenvalue weighted by Gasteiger charge is -2.34. The number of benzene rings is 1. The molecule has 1 saturated carbocycles. The number of ether oxygens (including phenoxy) is 2. The van der Waals surface area contributed by atoms with Crippen molar-refractivity contribution in [1.82, 2.24) is 14.9 Å². The minimum atomic E-state index is -3.83. The number of amides is 2. The van der Waals surface area contributed by atoms with E-state index in [1.807, 2.05) is 0 Å². The van der Waals surface area contributed by atoms with Gasteiger partial charge < -0.3 is 20.1 Å². The van der Waals surface area contributed by atoms with Gasteiger partial charge in [0.25, 0.3) is 0 Å². The number of hydrogen-bond donors (Lipinski definition) is 2. The van der Waals surface area contributed by atoms with Crippen molar-refractivity contribution in [3.63, 3.8) is 0 Å². The van der Waals surface area contributed by atoms with E-state index < -0.39 is 28.1 Å². The summed E-state index contributed by atoms with van der Waals surface area (Å²) in [4.78, 5) is 24.4. The van der Waals surface area contributed by atoms with Crippen LogP contribution in [0.3, 0.4) is 0 Å². The van der Waals surface area contributed by atoms with Gasteiger partial charge >= 0.3 is 11.8 Å². The summed E-state index contributed by atoms with van der Waals surface area (Å²) >= 11 is 0. The molecule has 1 aromatic rings. The van der Waals surface area contributed by atoms with Crippen LogP contribution < -0.4 is 15.4 Å². The van der Waals surface area contributed by atoms with Crippen molar-refractivity contribution in [2.45, 2.75) is 55.7 Å². The van der Waals surface area contributed by atoms with Crippen molar-refractivity contribution in [2.75, 3.05) is 26.8 Å². The fraction of sp³-hybridized carbons (Fsp3) is 0.600. The molecule has 2 amide bonds. The first kappa shape index (κ1) is 22.5. The first-order valence-electron chi connectivity index (χ1n) is 10.3. The van der Waals surface area contributed by atoms with Gasteiger partial charge in [-0.2, -0.15) is 4.31 Å². The third-order valence-electron chi connectivity index (χ3n) is 5.40. The van der Waals surface area contributed by atoms with Gasteiger partial charge in [-0.15, -0.1) is 0 Å². The highest BCUT2D eigenvalue weighted by atomic mass is 32.2. The molecule has 0 aromatic heterocycles. The van der Waals surface area contributed by atoms with E-state index in [-0.39, 0.29) is 24.0 Å². The Labute approximate surface area is 177 Å². The SMILES string of the molecule is COc1ccc(S(=O)(=O)N2CCCO[C@@H]2CNC(=O)C(=O)NC2CCCCC2)cc1. The summed E-state index contributed by atoms with van der Waals surface area (Å²) in [6.07, 6.45) is 4.65. The summed E-state index contributed by atoms with van der Waals surface area (Å²) in [6.45, 7) is 0.541. The Balaban J connectivity index is 1.60. The van der Waals surface area contributed by atoms with Crippen LogP contribution in [0.1, 0.15) is 38.5 Å². The topological polar surface area (TPSA) is 114 Å². The molecular weight excluding hydrogens is 410 g/mol. The average Bonchev–Trinajstić information content (AvgIpc) is 2.78. The van der Waals surface area contributed by atoms with Gasteiger partial charge in [-0.3, -0.25) is 9.59 Å². The van der Waals surface area contributed by atoms with E-state index in [2.05, 4.69) is 10.6 Å². The van der Waals surface area contributed by atoms with Crippen molar-refractivity contribution in [2.24, 2.45) is 0 Å². The van der Waals surface area contributed by atoms with Gasteiger partial charge in [0.2, 0.25) is 10.0 Å². The number of carbonyl (C=O) groups is 2. The van der Waals surface area contributed by atoms with Gasteiger partial charge in [-0.25, -0.2) is 8.42 Å². The van der Waals surface area contributed by atoms with Gasteiger partial charge in [-0.05, 0) is 43.5 Å². The zero-order valence-electron chi connectivity index (χ0n) is 17.1. The molecule has 1 heterocycles. The molecule has 0 spiro atoms. The smallest absolute Gasteiger partial charge is 0.309 e. The van der Waals surface area contributed by atoms with Crippen LogP contribution in [0, 0.1) is 0 Å². The molecule has 1 saturated heterocycles. The maximum absolute atomic E-state index is 13.1. The predicted octanol–water partition coefficient (Wildman–Crippen LogP) is 0.997. The second kappa shape index (κ2) is 10.2. The van der Waals surface area contributed by atoms with Crippen LogP contribution in [0.15, 0.2) is 29.2 Å². The first-order chi connectivity index (χ1) is 14.4. The minimum Gasteiger partial charge on any atom is -0.497 e. The largest absolute Gasteiger partial charge is 0.497 e. The van der Waals surface area contributed by atoms with Gasteiger partial charge in [-0.1, -0.05) is 19.3 Å². The molecule has 1 atom stereocenters. The van der Waals surface area contributed by atoms with E-state index in [1.54, 1.807) is 12.1 Å². The summed E-state index contributed by atoms with van der Waals surface area (Å²) < 4.78 is 38.0. The van der Waals surface area contributed by atoms with E-state index >= 15 is 0 Å². The van der Waals surface area contributed by atoms with E-state index in [9.17, 15) is 18.0 Å². The van der Waals surface area contributed by atoms with Crippen LogP contribution >= 0.6 is 0 Å². The number of methoxy groups -OCH3 is 1. The van der Waals surface area contributed by atoms with Crippen molar-refractivity contribution in [1.29, 1.82) is 0 Å². The molecule has 2 N–H and O–H groups in total. The normalized spacial score (nSPS) is 21.0. The summed E-state index contributed by atoms with van der Waals surface area (Å²) in [5, 5.41) is 5.26. The number of sulfonamides is 1. The van der Waals surface area contributed by atoms with Crippen LogP contribution in [0.5, 0.6) is 5.75 Å². The van der Waals surface area contributed by atoms with Crippen LogP contribution in [-0.4, -0.2) is 63.6 Å². The molecule has 1 aromatic carbocycles. The van der Waals surface area contributed by atoms with E-state index in [1.165, 1.54) is 23.5 Å². The fourth-order valence-corrected chi connectivity index (χ4v) is 5.31. The first-order valence-corrected chi connectivity index (χ1v) is 11.7. The number of hydrogen-bond acceptors (Lipinski definition) is 6. The highest BCUT2D eigenvalue weighted by Crippen LogP contribution is 2.24. The van der Waals surface area contributed by atoms with Gasteiger partial charge in [0.15, 0.2) is 0 Å². The van der Waals surface area contributed by atoms with E-state index in [4.69, 9.17) is 9.47 Å². The Hall–Kier alpha value is -2.17. The molecule has 30 heavy (non-hydrogen) atoms. The molecule has 3 rings (SSSR count). The second-order valence-electron chi connectivity index (χ2n) is 7.49.